The topological polar surface area (TPSA) is 38.8 Å². The predicted molar refractivity (Wildman–Crippen MR) is 101 cm³/mol. The third-order valence-corrected chi connectivity index (χ3v) is 7.22. The van der Waals surface area contributed by atoms with Crippen LogP contribution in [-0.2, 0) is 16.2 Å². The number of amides is 1. The van der Waals surface area contributed by atoms with Crippen molar-refractivity contribution in [2.45, 2.75) is 70.0 Å². The number of ether oxygens (including phenoxy) is 1. The van der Waals surface area contributed by atoms with E-state index in [1.54, 1.807) is 0 Å². The smallest absolute Gasteiger partial charge is 0.434 e. The highest BCUT2D eigenvalue weighted by atomic mass is 79.9. The maximum atomic E-state index is 12.7. The van der Waals surface area contributed by atoms with Crippen LogP contribution in [0.15, 0.2) is 30.3 Å². The lowest BCUT2D eigenvalue weighted by atomic mass is 9.89. The highest BCUT2D eigenvalue weighted by Crippen LogP contribution is 2.86. The van der Waals surface area contributed by atoms with Gasteiger partial charge in [-0.25, -0.2) is 4.79 Å². The highest BCUT2D eigenvalue weighted by Gasteiger charge is 2.85. The molecule has 0 aromatic heterocycles. The van der Waals surface area contributed by atoms with Crippen molar-refractivity contribution in [3.8, 4) is 0 Å². The lowest BCUT2D eigenvalue weighted by molar-refractivity contribution is -0.180. The molecule has 0 N–H and O–H groups in total. The summed E-state index contributed by atoms with van der Waals surface area (Å²) in [5, 5.41) is 1.43. The van der Waals surface area contributed by atoms with E-state index in [1.165, 1.54) is 11.5 Å². The third-order valence-electron chi connectivity index (χ3n) is 5.43. The molecule has 0 radical (unpaired) electrons. The molecule has 138 valence electrons. The molecule has 1 amide bonds. The zero-order valence-electron chi connectivity index (χ0n) is 15.7. The quantitative estimate of drug-likeness (QED) is 0.472. The third kappa shape index (κ3) is 3.72. The second-order valence-corrected chi connectivity index (χ2v) is 10.1. The predicted octanol–water partition coefficient (Wildman–Crippen LogP) is 5.31. The molecular formula is C20H28BrNO3. The Balaban J connectivity index is 1.66. The summed E-state index contributed by atoms with van der Waals surface area (Å²) in [6, 6.07) is 9.82. The number of alkyl halides is 1. The van der Waals surface area contributed by atoms with E-state index in [0.717, 1.165) is 17.9 Å². The molecule has 0 bridgehead atoms. The van der Waals surface area contributed by atoms with Gasteiger partial charge < -0.3 is 4.74 Å². The van der Waals surface area contributed by atoms with E-state index in [1.807, 2.05) is 58.0 Å². The van der Waals surface area contributed by atoms with Crippen LogP contribution in [0.4, 0.5) is 4.79 Å². The summed E-state index contributed by atoms with van der Waals surface area (Å²) in [5.74, 6) is 0.733. The minimum Gasteiger partial charge on any atom is -0.442 e. The summed E-state index contributed by atoms with van der Waals surface area (Å²) in [6.07, 6.45) is 1.72. The molecule has 0 heterocycles. The van der Waals surface area contributed by atoms with E-state index < -0.39 is 11.7 Å². The van der Waals surface area contributed by atoms with Crippen molar-refractivity contribution in [3.05, 3.63) is 35.9 Å². The van der Waals surface area contributed by atoms with Crippen LogP contribution in [0, 0.1) is 11.3 Å². The molecule has 4 atom stereocenters. The van der Waals surface area contributed by atoms with Gasteiger partial charge in [0.25, 0.3) is 0 Å². The fourth-order valence-electron chi connectivity index (χ4n) is 3.77. The molecule has 0 aliphatic heterocycles. The number of hydrogen-bond donors (Lipinski definition) is 0. The van der Waals surface area contributed by atoms with Crippen molar-refractivity contribution in [1.82, 2.24) is 5.06 Å². The Morgan fingerprint density at radius 3 is 2.44 bits per heavy atom. The molecule has 0 saturated heterocycles. The number of rotatable bonds is 6. The van der Waals surface area contributed by atoms with Crippen molar-refractivity contribution in [1.29, 1.82) is 0 Å². The van der Waals surface area contributed by atoms with Crippen LogP contribution in [0.1, 0.15) is 53.0 Å². The summed E-state index contributed by atoms with van der Waals surface area (Å²) in [4.78, 5) is 18.6. The number of hydroxylamine groups is 2. The standard InChI is InChI=1S/C20H28BrNO3/c1-14(11-19(5)16-12-20(16,19)21)22(17(23)25-18(2,3)4)24-13-15-9-7-6-8-10-15/h6-10,14,16H,11-13H2,1-5H3. The van der Waals surface area contributed by atoms with Crippen LogP contribution >= 0.6 is 15.9 Å². The molecule has 0 spiro atoms. The molecule has 4 unspecified atom stereocenters. The Morgan fingerprint density at radius 2 is 1.96 bits per heavy atom. The monoisotopic (exact) mass is 409 g/mol. The summed E-state index contributed by atoms with van der Waals surface area (Å²) < 4.78 is 5.86. The SMILES string of the molecule is CC(CC1(C)C2CC21Br)N(OCc1ccccc1)C(=O)OC(C)(C)C. The fourth-order valence-corrected chi connectivity index (χ4v) is 4.92. The zero-order valence-corrected chi connectivity index (χ0v) is 17.3. The number of nitrogens with zero attached hydrogens (tertiary/aromatic N) is 1. The lowest BCUT2D eigenvalue weighted by Gasteiger charge is -2.33. The highest BCUT2D eigenvalue weighted by molar-refractivity contribution is 9.10. The summed E-state index contributed by atoms with van der Waals surface area (Å²) in [7, 11) is 0. The van der Waals surface area contributed by atoms with Gasteiger partial charge in [0.2, 0.25) is 0 Å². The van der Waals surface area contributed by atoms with Gasteiger partial charge in [0.05, 0.1) is 6.04 Å². The molecule has 4 nitrogen and oxygen atoms in total. The Labute approximate surface area is 158 Å². The first-order valence-electron chi connectivity index (χ1n) is 8.95. The molecule has 5 heteroatoms. The van der Waals surface area contributed by atoms with E-state index in [4.69, 9.17) is 9.57 Å². The first kappa shape index (κ1) is 18.7. The van der Waals surface area contributed by atoms with E-state index in [-0.39, 0.29) is 11.5 Å². The van der Waals surface area contributed by atoms with Crippen molar-refractivity contribution >= 4 is 22.0 Å². The van der Waals surface area contributed by atoms with E-state index in [9.17, 15) is 4.79 Å². The summed E-state index contributed by atoms with van der Waals surface area (Å²) in [5.41, 5.74) is 0.733. The second kappa shape index (κ2) is 6.27. The molecule has 1 aromatic rings. The number of fused-ring (bicyclic) bond motifs is 1. The van der Waals surface area contributed by atoms with Crippen LogP contribution in [0.3, 0.4) is 0 Å². The van der Waals surface area contributed by atoms with Crippen molar-refractivity contribution in [2.75, 3.05) is 0 Å². The first-order valence-corrected chi connectivity index (χ1v) is 9.74. The van der Waals surface area contributed by atoms with Crippen LogP contribution < -0.4 is 0 Å². The minimum atomic E-state index is -0.548. The number of carbonyl (C=O) groups excluding carboxylic acids is 1. The molecule has 3 rings (SSSR count). The largest absolute Gasteiger partial charge is 0.442 e. The van der Waals surface area contributed by atoms with E-state index in [2.05, 4.69) is 22.9 Å². The second-order valence-electron chi connectivity index (χ2n) is 8.65. The average molecular weight is 410 g/mol. The molecule has 2 fully saturated rings. The summed E-state index contributed by atoms with van der Waals surface area (Å²) >= 11 is 3.85. The van der Waals surface area contributed by atoms with Gasteiger partial charge >= 0.3 is 6.09 Å². The number of benzene rings is 1. The normalized spacial score (nSPS) is 31.0. The van der Waals surface area contributed by atoms with Crippen molar-refractivity contribution < 1.29 is 14.4 Å². The lowest BCUT2D eigenvalue weighted by Crippen LogP contribution is -2.43. The molecule has 2 aliphatic rings. The van der Waals surface area contributed by atoms with Crippen LogP contribution in [0.5, 0.6) is 0 Å². The zero-order chi connectivity index (χ0) is 18.5. The minimum absolute atomic E-state index is 0.0502. The van der Waals surface area contributed by atoms with Crippen LogP contribution in [0.2, 0.25) is 0 Å². The average Bonchev–Trinajstić information content (AvgIpc) is 3.33. The Hall–Kier alpha value is -1.07. The maximum absolute atomic E-state index is 12.7. The van der Waals surface area contributed by atoms with Gasteiger partial charge in [0.1, 0.15) is 12.2 Å². The number of halogens is 1. The molecule has 1 aromatic carbocycles. The van der Waals surface area contributed by atoms with E-state index in [0.29, 0.717) is 10.9 Å². The number of hydrogen-bond acceptors (Lipinski definition) is 3. The van der Waals surface area contributed by atoms with Crippen molar-refractivity contribution in [3.63, 3.8) is 0 Å². The Bertz CT molecular complexity index is 644. The van der Waals surface area contributed by atoms with Gasteiger partial charge in [-0.1, -0.05) is 53.2 Å². The fraction of sp³-hybridized carbons (Fsp3) is 0.650. The molecule has 25 heavy (non-hydrogen) atoms. The Morgan fingerprint density at radius 1 is 1.36 bits per heavy atom. The summed E-state index contributed by atoms with van der Waals surface area (Å²) in [6.45, 7) is 10.3. The first-order chi connectivity index (χ1) is 11.6. The Kier molecular flexibility index (Phi) is 4.70. The van der Waals surface area contributed by atoms with E-state index >= 15 is 0 Å². The van der Waals surface area contributed by atoms with Gasteiger partial charge in [-0.05, 0) is 57.4 Å². The van der Waals surface area contributed by atoms with Gasteiger partial charge in [-0.2, -0.15) is 5.06 Å². The van der Waals surface area contributed by atoms with Crippen molar-refractivity contribution in [2.24, 2.45) is 11.3 Å². The molecule has 2 aliphatic carbocycles. The van der Waals surface area contributed by atoms with Gasteiger partial charge in [0.15, 0.2) is 0 Å². The van der Waals surface area contributed by atoms with Gasteiger partial charge in [-0.15, -0.1) is 0 Å². The molecule has 2 saturated carbocycles. The van der Waals surface area contributed by atoms with Crippen LogP contribution in [-0.4, -0.2) is 27.1 Å². The van der Waals surface area contributed by atoms with Crippen LogP contribution in [0.25, 0.3) is 0 Å². The molecular weight excluding hydrogens is 382 g/mol. The van der Waals surface area contributed by atoms with Gasteiger partial charge in [-0.3, -0.25) is 4.84 Å². The van der Waals surface area contributed by atoms with Gasteiger partial charge in [0, 0.05) is 4.32 Å². The number of carbonyl (C=O) groups is 1. The maximum Gasteiger partial charge on any atom is 0.434 e.